The van der Waals surface area contributed by atoms with Crippen LogP contribution >= 0.6 is 78.1 Å². The average molecular weight is 2230 g/mol. The van der Waals surface area contributed by atoms with Crippen LogP contribution in [0.25, 0.3) is 0 Å². The summed E-state index contributed by atoms with van der Waals surface area (Å²) in [6.07, 6.45) is 11.4. The monoisotopic (exact) mass is 2230 g/mol. The lowest BCUT2D eigenvalue weighted by molar-refractivity contribution is -0.194. The van der Waals surface area contributed by atoms with E-state index in [1.165, 1.54) is 0 Å². The molecule has 4 bridgehead atoms. The number of aliphatic hydroxyl groups is 3. The molecule has 3 N–H and O–H groups in total. The number of aliphatic hydroxyl groups excluding tert-OH is 3. The smallest absolute Gasteiger partial charge is 0.259 e. The Bertz CT molecular complexity index is 4280. The maximum Gasteiger partial charge on any atom is 0.259 e. The maximum absolute atomic E-state index is 12.4. The first-order valence-corrected chi connectivity index (χ1v) is 71.5. The normalized spacial score (nSPS) is 30.4. The first-order valence-electron chi connectivity index (χ1n) is 52.3. The van der Waals surface area contributed by atoms with Gasteiger partial charge >= 0.3 is 0 Å². The highest BCUT2D eigenvalue weighted by molar-refractivity contribution is 7.66. The molecule has 0 spiro atoms. The highest BCUT2D eigenvalue weighted by Crippen LogP contribution is 2.61. The molecule has 0 aromatic heterocycles. The Morgan fingerprint density at radius 2 is 0.779 bits per heavy atom. The molecule has 4 radical (unpaired) electrons. The van der Waals surface area contributed by atoms with Gasteiger partial charge in [0.2, 0.25) is 0 Å². The molecular weight excluding hydrogens is 2040 g/mol. The summed E-state index contributed by atoms with van der Waals surface area (Å²) in [5.41, 5.74) is -3.86. The van der Waals surface area contributed by atoms with Crippen LogP contribution in [0.4, 0.5) is 0 Å². The summed E-state index contributed by atoms with van der Waals surface area (Å²) >= 11 is 0. The Balaban J connectivity index is 0.000000466. The molecule has 44 heteroatoms. The van der Waals surface area contributed by atoms with E-state index in [1.807, 2.05) is 65.0 Å². The van der Waals surface area contributed by atoms with Crippen LogP contribution < -0.4 is 0 Å². The Hall–Kier alpha value is -0.360. The van der Waals surface area contributed by atoms with Gasteiger partial charge in [-0.3, -0.25) is 4.67 Å². The van der Waals surface area contributed by atoms with Crippen molar-refractivity contribution < 1.29 is 112 Å². The van der Waals surface area contributed by atoms with Gasteiger partial charge in [-0.05, 0) is 317 Å². The SMILES string of the molecule is CC(C)N(C(C)C)P(OCCC#N)O[C@H]1[C@@H]2C[C@H](C)O[C@@]1(/C=C/P(C)(C)=O)CO2.CC(C)N(C(C)C)P(OCCC#N)O[C@H]1[C@H]2OC[C@]1(/C=C/P(C)(C)=O)OC[C@H]2C.CC[C@]1(/C=C/P(C)(C)=O)O[C@@H](C)[C@H](O)C[C@@H]1OP(OCCC#N)N(C(C)C)C(C)C.[B][C@@H]1O[C@@](/C=C/P(C)(C)=O)(CC)CC(OP(OCCC)N(C(C)C)C(C)C)[C@H]1O.[B][C@@H]1O[C@@](/C=C/P(C)(C)=O)(CC)C[C@@H](P(OCCC)N(C(C)C)C(C)C)[C@H]1O. The summed E-state index contributed by atoms with van der Waals surface area (Å²) < 4.78 is 172. The average Bonchev–Trinajstić information content (AvgIpc) is 1.61. The first kappa shape index (κ1) is 139. The van der Waals surface area contributed by atoms with Gasteiger partial charge < -0.3 is 112 Å². The number of hydrogen-bond acceptors (Lipinski definition) is 32. The van der Waals surface area contributed by atoms with Crippen LogP contribution in [0.5, 0.6) is 0 Å². The van der Waals surface area contributed by atoms with Crippen LogP contribution in [0.3, 0.4) is 0 Å². The van der Waals surface area contributed by atoms with Crippen molar-refractivity contribution in [1.82, 2.24) is 23.4 Å². The summed E-state index contributed by atoms with van der Waals surface area (Å²) in [7, 11) is -6.23. The van der Waals surface area contributed by atoms with Crippen molar-refractivity contribution in [2.45, 2.75) is 444 Å². The molecule has 7 aliphatic heterocycles. The Labute approximate surface area is 886 Å². The van der Waals surface area contributed by atoms with Gasteiger partial charge in [0.05, 0.1) is 150 Å². The fourth-order valence-corrected chi connectivity index (χ4v) is 31.1. The van der Waals surface area contributed by atoms with E-state index in [1.54, 1.807) is 95.7 Å². The minimum absolute atomic E-state index is 0.0251. The zero-order valence-corrected chi connectivity index (χ0v) is 104. The minimum Gasteiger partial charge on any atom is -0.390 e. The van der Waals surface area contributed by atoms with E-state index in [-0.39, 0.29) is 122 Å². The summed E-state index contributed by atoms with van der Waals surface area (Å²) in [6.45, 7) is 79.1. The van der Waals surface area contributed by atoms with Crippen LogP contribution in [-0.2, 0) is 96.7 Å². The number of nitrogens with zero attached hydrogens (tertiary/aromatic N) is 8. The topological polar surface area (TPSA) is 381 Å². The summed E-state index contributed by atoms with van der Waals surface area (Å²) in [4.78, 5) is 0. The van der Waals surface area contributed by atoms with Crippen molar-refractivity contribution in [3.8, 4) is 18.2 Å². The fraction of sp³-hybridized carbons (Fsp3) is 0.871. The molecule has 6 unspecified atom stereocenters. The zero-order chi connectivity index (χ0) is 111. The predicted octanol–water partition coefficient (Wildman–Crippen LogP) is 23.9. The number of fused-ring (bicyclic) bond motifs is 4. The summed E-state index contributed by atoms with van der Waals surface area (Å²) in [6, 6.07) is 6.88. The second-order valence-corrected chi connectivity index (χ2v) is 67.3. The fourth-order valence-electron chi connectivity index (χ4n) is 18.0. The molecule has 0 amide bonds. The van der Waals surface area contributed by atoms with E-state index < -0.39 is 149 Å². The van der Waals surface area contributed by atoms with Crippen LogP contribution in [0, 0.1) is 39.9 Å². The number of nitriles is 3. The van der Waals surface area contributed by atoms with Crippen molar-refractivity contribution >= 4 is 93.8 Å². The largest absolute Gasteiger partial charge is 0.390 e. The van der Waals surface area contributed by atoms with Gasteiger partial charge in [0.15, 0.2) is 0 Å². The molecule has 25 atom stereocenters. The lowest BCUT2D eigenvalue weighted by Gasteiger charge is -2.50. The van der Waals surface area contributed by atoms with Crippen molar-refractivity contribution in [3.63, 3.8) is 0 Å². The lowest BCUT2D eigenvalue weighted by atomic mass is 9.80. The Morgan fingerprint density at radius 1 is 0.421 bits per heavy atom. The highest BCUT2D eigenvalue weighted by Gasteiger charge is 2.60. The van der Waals surface area contributed by atoms with Gasteiger partial charge in [-0.1, -0.05) is 41.5 Å². The highest BCUT2D eigenvalue weighted by atomic mass is 31.2. The zero-order valence-electron chi connectivity index (χ0n) is 95.5. The van der Waals surface area contributed by atoms with E-state index in [9.17, 15) is 38.1 Å². The van der Waals surface area contributed by atoms with Gasteiger partial charge in [-0.15, -0.1) is 0 Å². The molecule has 145 heavy (non-hydrogen) atoms. The summed E-state index contributed by atoms with van der Waals surface area (Å²) in [5.74, 6) is 8.86. The van der Waals surface area contributed by atoms with E-state index in [2.05, 4.69) is 201 Å². The Kier molecular flexibility index (Phi) is 61.3. The quantitative estimate of drug-likeness (QED) is 0.0289. The third kappa shape index (κ3) is 45.1. The summed E-state index contributed by atoms with van der Waals surface area (Å²) in [5, 5.41) is 58.9. The van der Waals surface area contributed by atoms with Crippen LogP contribution in [-0.4, -0.2) is 347 Å². The number of hydrogen-bond donors (Lipinski definition) is 3. The second-order valence-electron chi connectivity index (χ2n) is 43.9. The molecule has 7 saturated heterocycles. The predicted molar refractivity (Wildman–Crippen MR) is 600 cm³/mol. The molecule has 0 aliphatic carbocycles. The molecule has 7 aliphatic rings. The van der Waals surface area contributed by atoms with Crippen molar-refractivity contribution in [2.24, 2.45) is 5.92 Å². The van der Waals surface area contributed by atoms with Gasteiger partial charge in [-0.2, -0.15) is 15.8 Å². The van der Waals surface area contributed by atoms with Gasteiger partial charge in [0, 0.05) is 103 Å². The van der Waals surface area contributed by atoms with E-state index in [0.29, 0.717) is 97.6 Å². The standard InChI is InChI=1S/C21H40N2O5P2.C20H40BNO5P2.C20H40BNO4P2.2C20H36N2O5P2/c1-9-21(11-14-30(7,8)25)20(15-19(24)18(6)27-21)28-29(26-13-10-12-22)23(16(2)3)17(4)5;1-9-12-25-28(22(15(3)4)16(5)6)27-17-14-20(10-2,11-13-29(7,8)24)26-19(21)18(17)23;1-9-12-25-27(22(15(3)4)16(5)6)17-14-20(10-2,11-13-28(7,8)24)26-19(21)18(17)23;1-15(2)22(16(3)4)28(26-11-8-10-21)27-19-18-17(5)13-25-20(19,14-24-18)9-12-29(6,7)23;1-15(2)22(16(3)4)28(25-11-8-10-21)27-19-18-13-17(5)26-20(19,14-24-18)9-12-29(6,7)23/h11,14,16-20,24H,9-10,13,15H2,1-8H3;11,13,15-19,23H,9-10,12,14H2,1-8H3;11,13,15-19,23H,9-10,12,14H2,1-8H3;2*9,12,15-19H,8,11,13-14H2,1-7H3/b14-11+;2*13-11+;2*12-9+/t18-,19+,20-,21+,29?;17?,18-,19-,20-,28?;17-,18-,19-,20-,27?;17-,18+,19+,20+,28?;17-,18-,19-,20-,28?/m01110/s1. The van der Waals surface area contributed by atoms with Gasteiger partial charge in [0.1, 0.15) is 94.8 Å². The second kappa shape index (κ2) is 64.0. The molecule has 0 saturated carbocycles. The van der Waals surface area contributed by atoms with Crippen molar-refractivity contribution in [2.75, 3.05) is 120 Å². The molecule has 7 rings (SSSR count). The van der Waals surface area contributed by atoms with Crippen LogP contribution in [0.2, 0.25) is 0 Å². The van der Waals surface area contributed by atoms with Crippen LogP contribution in [0.15, 0.2) is 59.5 Å². The molecule has 0 aromatic carbocycles. The third-order valence-corrected chi connectivity index (χ3v) is 40.6. The molecule has 0 aromatic rings. The third-order valence-electron chi connectivity index (χ3n) is 24.9. The molecule has 7 fully saturated rings. The number of rotatable bonds is 52. The van der Waals surface area contributed by atoms with E-state index >= 15 is 0 Å². The Morgan fingerprint density at radius 3 is 1.17 bits per heavy atom. The van der Waals surface area contributed by atoms with E-state index in [4.69, 9.17) is 105 Å². The van der Waals surface area contributed by atoms with Gasteiger partial charge in [0.25, 0.3) is 34.1 Å². The molecule has 32 nitrogen and oxygen atoms in total. The number of ether oxygens (including phenoxy) is 7. The molecule has 7 heterocycles. The molecular formula is C101H192B2N8O24P10. The minimum atomic E-state index is -2.41. The maximum atomic E-state index is 12.4. The van der Waals surface area contributed by atoms with E-state index in [0.717, 1.165) is 19.3 Å². The molecule has 836 valence electrons. The van der Waals surface area contributed by atoms with Crippen molar-refractivity contribution in [1.29, 1.82) is 15.8 Å². The first-order chi connectivity index (χ1) is 67.1. The van der Waals surface area contributed by atoms with Crippen molar-refractivity contribution in [3.05, 3.63) is 59.5 Å². The van der Waals surface area contributed by atoms with Crippen LogP contribution in [0.1, 0.15) is 271 Å². The van der Waals surface area contributed by atoms with Gasteiger partial charge in [-0.25, -0.2) is 18.7 Å². The lowest BCUT2D eigenvalue weighted by Crippen LogP contribution is -2.55.